The van der Waals surface area contributed by atoms with Gasteiger partial charge < -0.3 is 5.32 Å². The topological polar surface area (TPSA) is 58.5 Å². The molecule has 4 rings (SSSR count). The standard InChI is InChI=1S/C24H24N2O2/c1-16-21-8-4-5-9-22(21)26-23(16)14-24(28)25-15-20(27)11-10-17-12-18-6-2-3-7-19(18)13-17/h2-9,12,16H,10-11,13-15H2,1H3,(H,25,28). The van der Waals surface area contributed by atoms with Crippen LogP contribution in [0.5, 0.6) is 0 Å². The van der Waals surface area contributed by atoms with E-state index in [2.05, 4.69) is 35.4 Å². The highest BCUT2D eigenvalue weighted by Gasteiger charge is 2.24. The van der Waals surface area contributed by atoms with Crippen LogP contribution in [0.3, 0.4) is 0 Å². The Morgan fingerprint density at radius 3 is 2.71 bits per heavy atom. The van der Waals surface area contributed by atoms with Crippen LogP contribution in [-0.2, 0) is 16.0 Å². The summed E-state index contributed by atoms with van der Waals surface area (Å²) in [4.78, 5) is 29.0. The number of nitrogens with zero attached hydrogens (tertiary/aromatic N) is 1. The van der Waals surface area contributed by atoms with Gasteiger partial charge in [0.25, 0.3) is 0 Å². The summed E-state index contributed by atoms with van der Waals surface area (Å²) in [5.74, 6) is 0.0720. The molecular weight excluding hydrogens is 348 g/mol. The number of hydrogen-bond acceptors (Lipinski definition) is 3. The molecular formula is C24H24N2O2. The Hall–Kier alpha value is -3.01. The second kappa shape index (κ2) is 7.93. The van der Waals surface area contributed by atoms with Crippen LogP contribution in [0.1, 0.15) is 48.8 Å². The van der Waals surface area contributed by atoms with E-state index in [0.29, 0.717) is 6.42 Å². The van der Waals surface area contributed by atoms with Crippen LogP contribution in [0.15, 0.2) is 59.1 Å². The van der Waals surface area contributed by atoms with Crippen LogP contribution >= 0.6 is 0 Å². The Balaban J connectivity index is 1.21. The number of Topliss-reactive ketones (excluding diaryl/α,β-unsaturated/α-hetero) is 1. The number of ketones is 1. The number of rotatable bonds is 7. The lowest BCUT2D eigenvalue weighted by Crippen LogP contribution is -2.31. The van der Waals surface area contributed by atoms with E-state index in [9.17, 15) is 9.59 Å². The van der Waals surface area contributed by atoms with Gasteiger partial charge in [-0.15, -0.1) is 0 Å². The minimum atomic E-state index is -0.140. The number of carbonyl (C=O) groups excluding carboxylic acids is 2. The van der Waals surface area contributed by atoms with Crippen LogP contribution in [0.25, 0.3) is 6.08 Å². The second-order valence-corrected chi connectivity index (χ2v) is 7.55. The summed E-state index contributed by atoms with van der Waals surface area (Å²) in [6.45, 7) is 2.16. The normalized spacial score (nSPS) is 16.8. The SMILES string of the molecule is CC1C(CC(=O)NCC(=O)CCC2=Cc3ccccc3C2)=Nc2ccccc21. The molecule has 28 heavy (non-hydrogen) atoms. The lowest BCUT2D eigenvalue weighted by Gasteiger charge is -2.09. The van der Waals surface area contributed by atoms with Gasteiger partial charge in [-0.1, -0.05) is 61.0 Å². The number of nitrogens with one attached hydrogen (secondary N) is 1. The van der Waals surface area contributed by atoms with Crippen molar-refractivity contribution in [1.29, 1.82) is 0 Å². The summed E-state index contributed by atoms with van der Waals surface area (Å²) < 4.78 is 0. The van der Waals surface area contributed by atoms with Gasteiger partial charge in [0.15, 0.2) is 5.78 Å². The first-order valence-electron chi connectivity index (χ1n) is 9.82. The molecule has 4 nitrogen and oxygen atoms in total. The average Bonchev–Trinajstić information content (AvgIpc) is 3.26. The van der Waals surface area contributed by atoms with Gasteiger partial charge in [0.1, 0.15) is 0 Å². The van der Waals surface area contributed by atoms with Crippen LogP contribution in [-0.4, -0.2) is 23.9 Å². The maximum absolute atomic E-state index is 12.3. The highest BCUT2D eigenvalue weighted by molar-refractivity contribution is 6.08. The second-order valence-electron chi connectivity index (χ2n) is 7.55. The van der Waals surface area contributed by atoms with E-state index in [1.807, 2.05) is 36.4 Å². The number of benzene rings is 2. The van der Waals surface area contributed by atoms with Crippen molar-refractivity contribution >= 4 is 29.2 Å². The zero-order valence-electron chi connectivity index (χ0n) is 16.1. The van der Waals surface area contributed by atoms with Crippen molar-refractivity contribution in [2.45, 2.75) is 38.5 Å². The summed E-state index contributed by atoms with van der Waals surface area (Å²) in [6.07, 6.45) is 4.56. The molecule has 2 aromatic carbocycles. The van der Waals surface area contributed by atoms with E-state index in [0.717, 1.165) is 29.8 Å². The molecule has 1 heterocycles. The summed E-state index contributed by atoms with van der Waals surface area (Å²) >= 11 is 0. The van der Waals surface area contributed by atoms with Crippen molar-refractivity contribution in [3.63, 3.8) is 0 Å². The molecule has 0 spiro atoms. The van der Waals surface area contributed by atoms with Gasteiger partial charge >= 0.3 is 0 Å². The minimum Gasteiger partial charge on any atom is -0.349 e. The Morgan fingerprint density at radius 2 is 1.89 bits per heavy atom. The summed E-state index contributed by atoms with van der Waals surface area (Å²) in [6, 6.07) is 16.3. The Bertz CT molecular complexity index is 988. The first-order valence-corrected chi connectivity index (χ1v) is 9.82. The van der Waals surface area contributed by atoms with Crippen molar-refractivity contribution in [1.82, 2.24) is 5.32 Å². The van der Waals surface area contributed by atoms with Gasteiger partial charge in [-0.3, -0.25) is 14.6 Å². The van der Waals surface area contributed by atoms with Gasteiger partial charge in [-0.2, -0.15) is 0 Å². The van der Waals surface area contributed by atoms with E-state index in [-0.39, 0.29) is 30.6 Å². The molecule has 0 saturated heterocycles. The molecule has 1 unspecified atom stereocenters. The van der Waals surface area contributed by atoms with Gasteiger partial charge in [0.05, 0.1) is 18.7 Å². The van der Waals surface area contributed by atoms with Crippen LogP contribution in [0, 0.1) is 0 Å². The van der Waals surface area contributed by atoms with Gasteiger partial charge in [-0.25, -0.2) is 0 Å². The molecule has 1 atom stereocenters. The van der Waals surface area contributed by atoms with E-state index < -0.39 is 0 Å². The Morgan fingerprint density at radius 1 is 1.11 bits per heavy atom. The third kappa shape index (κ3) is 3.96. The highest BCUT2D eigenvalue weighted by Crippen LogP contribution is 2.35. The number of para-hydroxylation sites is 1. The van der Waals surface area contributed by atoms with Crippen molar-refractivity contribution in [3.8, 4) is 0 Å². The molecule has 142 valence electrons. The Labute approximate surface area is 165 Å². The molecule has 2 aliphatic rings. The van der Waals surface area contributed by atoms with Crippen molar-refractivity contribution in [2.24, 2.45) is 4.99 Å². The molecule has 0 aromatic heterocycles. The molecule has 1 N–H and O–H groups in total. The van der Waals surface area contributed by atoms with Crippen molar-refractivity contribution in [3.05, 3.63) is 70.8 Å². The van der Waals surface area contributed by atoms with Gasteiger partial charge in [0, 0.05) is 18.1 Å². The van der Waals surface area contributed by atoms with Gasteiger partial charge in [0.2, 0.25) is 5.91 Å². The predicted molar refractivity (Wildman–Crippen MR) is 112 cm³/mol. The van der Waals surface area contributed by atoms with Crippen molar-refractivity contribution < 1.29 is 9.59 Å². The first kappa shape index (κ1) is 18.4. The molecule has 0 saturated carbocycles. The van der Waals surface area contributed by atoms with E-state index in [1.165, 1.54) is 16.7 Å². The third-order valence-electron chi connectivity index (χ3n) is 5.55. The fourth-order valence-electron chi connectivity index (χ4n) is 3.90. The molecule has 2 aromatic rings. The summed E-state index contributed by atoms with van der Waals surface area (Å²) in [5, 5.41) is 2.76. The maximum Gasteiger partial charge on any atom is 0.226 e. The predicted octanol–water partition coefficient (Wildman–Crippen LogP) is 4.37. The molecule has 4 heteroatoms. The first-order chi connectivity index (χ1) is 13.6. The molecule has 0 bridgehead atoms. The van der Waals surface area contributed by atoms with Crippen LogP contribution in [0.4, 0.5) is 5.69 Å². The van der Waals surface area contributed by atoms with E-state index in [1.54, 1.807) is 0 Å². The van der Waals surface area contributed by atoms with E-state index in [4.69, 9.17) is 0 Å². The van der Waals surface area contributed by atoms with Crippen molar-refractivity contribution in [2.75, 3.05) is 6.54 Å². The van der Waals surface area contributed by atoms with E-state index >= 15 is 0 Å². The maximum atomic E-state index is 12.3. The largest absolute Gasteiger partial charge is 0.349 e. The zero-order chi connectivity index (χ0) is 19.5. The molecule has 1 aliphatic carbocycles. The number of amides is 1. The number of allylic oxidation sites excluding steroid dienone is 1. The molecule has 0 radical (unpaired) electrons. The smallest absolute Gasteiger partial charge is 0.226 e. The number of hydrogen-bond donors (Lipinski definition) is 1. The molecule has 1 amide bonds. The van der Waals surface area contributed by atoms with Crippen LogP contribution < -0.4 is 5.32 Å². The summed E-state index contributed by atoms with van der Waals surface area (Å²) in [5.41, 5.74) is 6.83. The lowest BCUT2D eigenvalue weighted by molar-refractivity contribution is -0.124. The minimum absolute atomic E-state index is 0.0647. The fourth-order valence-corrected chi connectivity index (χ4v) is 3.90. The Kier molecular flexibility index (Phi) is 5.20. The third-order valence-corrected chi connectivity index (χ3v) is 5.55. The fraction of sp³-hybridized carbons (Fsp3) is 0.292. The van der Waals surface area contributed by atoms with Gasteiger partial charge in [-0.05, 0) is 35.6 Å². The number of aliphatic imine (C=N–C) groups is 1. The molecule has 0 fully saturated rings. The molecule has 1 aliphatic heterocycles. The van der Waals surface area contributed by atoms with Crippen LogP contribution in [0.2, 0.25) is 0 Å². The quantitative estimate of drug-likeness (QED) is 0.784. The lowest BCUT2D eigenvalue weighted by atomic mass is 9.96. The zero-order valence-corrected chi connectivity index (χ0v) is 16.1. The number of carbonyl (C=O) groups is 2. The monoisotopic (exact) mass is 372 g/mol. The highest BCUT2D eigenvalue weighted by atomic mass is 16.2. The number of fused-ring (bicyclic) bond motifs is 2. The average molecular weight is 372 g/mol. The summed E-state index contributed by atoms with van der Waals surface area (Å²) in [7, 11) is 0.